The maximum absolute atomic E-state index is 12.7. The number of fused-ring (bicyclic) bond motifs is 1. The Morgan fingerprint density at radius 3 is 2.62 bits per heavy atom. The average Bonchev–Trinajstić information content (AvgIpc) is 3.36. The number of rotatable bonds is 5. The Morgan fingerprint density at radius 1 is 1.14 bits per heavy atom. The van der Waals surface area contributed by atoms with Crippen LogP contribution in [-0.4, -0.2) is 42.9 Å². The summed E-state index contributed by atoms with van der Waals surface area (Å²) in [6.07, 6.45) is 3.67. The van der Waals surface area contributed by atoms with Crippen molar-refractivity contribution in [3.8, 4) is 0 Å². The number of Topliss-reactive ketones (excluding diaryl/α,β-unsaturated/α-hetero) is 1. The second-order valence-electron chi connectivity index (χ2n) is 8.05. The van der Waals surface area contributed by atoms with Crippen LogP contribution in [0.2, 0.25) is 0 Å². The molecular weight excluding hydrogens is 390 g/mol. The molecule has 2 aromatic rings. The van der Waals surface area contributed by atoms with E-state index in [1.807, 2.05) is 30.5 Å². The van der Waals surface area contributed by atoms with Gasteiger partial charge in [0.2, 0.25) is 5.78 Å². The minimum atomic E-state index is -3.02. The molecule has 1 saturated heterocycles. The SMILES string of the molecule is Cc1cc(C(=O)COC(=O)c2ccc3c(c2)CCC3)c(C)n1[C@@H]1CCS(=O)(=O)C1. The summed E-state index contributed by atoms with van der Waals surface area (Å²) >= 11 is 0. The van der Waals surface area contributed by atoms with Crippen LogP contribution in [0.25, 0.3) is 0 Å². The molecule has 4 rings (SSSR count). The molecule has 29 heavy (non-hydrogen) atoms. The van der Waals surface area contributed by atoms with Crippen LogP contribution in [0.15, 0.2) is 24.3 Å². The lowest BCUT2D eigenvalue weighted by Gasteiger charge is -2.16. The van der Waals surface area contributed by atoms with Gasteiger partial charge in [0.05, 0.1) is 17.1 Å². The van der Waals surface area contributed by atoms with Crippen molar-refractivity contribution < 1.29 is 22.7 Å². The van der Waals surface area contributed by atoms with E-state index in [-0.39, 0.29) is 29.9 Å². The fraction of sp³-hybridized carbons (Fsp3) is 0.455. The normalized spacial score (nSPS) is 19.9. The van der Waals surface area contributed by atoms with Crippen molar-refractivity contribution in [3.05, 3.63) is 57.9 Å². The van der Waals surface area contributed by atoms with Gasteiger partial charge in [-0.1, -0.05) is 6.07 Å². The van der Waals surface area contributed by atoms with E-state index in [1.165, 1.54) is 11.1 Å². The number of nitrogens with zero attached hydrogens (tertiary/aromatic N) is 1. The van der Waals surface area contributed by atoms with Gasteiger partial charge in [0.25, 0.3) is 0 Å². The summed E-state index contributed by atoms with van der Waals surface area (Å²) in [7, 11) is -3.02. The quantitative estimate of drug-likeness (QED) is 0.554. The first-order valence-corrected chi connectivity index (χ1v) is 11.8. The first-order valence-electron chi connectivity index (χ1n) is 9.96. The van der Waals surface area contributed by atoms with E-state index in [0.29, 0.717) is 17.5 Å². The summed E-state index contributed by atoms with van der Waals surface area (Å²) in [6.45, 7) is 3.35. The largest absolute Gasteiger partial charge is 0.454 e. The molecule has 0 amide bonds. The van der Waals surface area contributed by atoms with Crippen molar-refractivity contribution in [1.29, 1.82) is 0 Å². The molecule has 0 radical (unpaired) electrons. The van der Waals surface area contributed by atoms with Crippen molar-refractivity contribution in [1.82, 2.24) is 4.57 Å². The van der Waals surface area contributed by atoms with E-state index in [0.717, 1.165) is 30.7 Å². The molecule has 154 valence electrons. The van der Waals surface area contributed by atoms with Crippen LogP contribution in [0.3, 0.4) is 0 Å². The number of carbonyl (C=O) groups excluding carboxylic acids is 2. The molecule has 2 heterocycles. The summed E-state index contributed by atoms with van der Waals surface area (Å²) in [4.78, 5) is 25.1. The number of esters is 1. The summed E-state index contributed by atoms with van der Waals surface area (Å²) in [5, 5.41) is 0. The Balaban J connectivity index is 1.45. The molecule has 1 fully saturated rings. The lowest BCUT2D eigenvalue weighted by Crippen LogP contribution is -2.17. The van der Waals surface area contributed by atoms with Gasteiger partial charge in [0, 0.05) is 23.0 Å². The molecule has 1 aliphatic heterocycles. The van der Waals surface area contributed by atoms with E-state index in [2.05, 4.69) is 0 Å². The minimum absolute atomic E-state index is 0.101. The minimum Gasteiger partial charge on any atom is -0.454 e. The zero-order chi connectivity index (χ0) is 20.8. The second kappa shape index (κ2) is 7.44. The van der Waals surface area contributed by atoms with E-state index in [9.17, 15) is 18.0 Å². The van der Waals surface area contributed by atoms with Crippen molar-refractivity contribution in [3.63, 3.8) is 0 Å². The number of ether oxygens (including phenoxy) is 1. The molecule has 6 nitrogen and oxygen atoms in total. The van der Waals surface area contributed by atoms with Crippen LogP contribution < -0.4 is 0 Å². The Kier molecular flexibility index (Phi) is 5.11. The van der Waals surface area contributed by atoms with Crippen molar-refractivity contribution in [2.24, 2.45) is 0 Å². The van der Waals surface area contributed by atoms with Gasteiger partial charge in [0.1, 0.15) is 0 Å². The molecule has 7 heteroatoms. The summed E-state index contributed by atoms with van der Waals surface area (Å²) in [5.41, 5.74) is 4.98. The highest BCUT2D eigenvalue weighted by molar-refractivity contribution is 7.91. The predicted octanol–water partition coefficient (Wildman–Crippen LogP) is 2.99. The highest BCUT2D eigenvalue weighted by Crippen LogP contribution is 2.29. The Morgan fingerprint density at radius 2 is 1.90 bits per heavy atom. The molecule has 0 saturated carbocycles. The molecule has 1 aliphatic carbocycles. The summed E-state index contributed by atoms with van der Waals surface area (Å²) in [5.74, 6) is -0.496. The third kappa shape index (κ3) is 3.88. The van der Waals surface area contributed by atoms with Crippen LogP contribution in [0, 0.1) is 13.8 Å². The fourth-order valence-corrected chi connectivity index (χ4v) is 6.29. The van der Waals surface area contributed by atoms with Gasteiger partial charge in [-0.05, 0) is 68.9 Å². The monoisotopic (exact) mass is 415 g/mol. The third-order valence-electron chi connectivity index (χ3n) is 6.03. The molecular formula is C22H25NO5S. The van der Waals surface area contributed by atoms with E-state index in [1.54, 1.807) is 12.1 Å². The Bertz CT molecular complexity index is 1100. The maximum atomic E-state index is 12.7. The van der Waals surface area contributed by atoms with Crippen LogP contribution >= 0.6 is 0 Å². The molecule has 1 aromatic heterocycles. The number of aryl methyl sites for hydroxylation is 3. The summed E-state index contributed by atoms with van der Waals surface area (Å²) < 4.78 is 30.8. The first-order chi connectivity index (χ1) is 13.7. The van der Waals surface area contributed by atoms with E-state index < -0.39 is 15.8 Å². The van der Waals surface area contributed by atoms with E-state index in [4.69, 9.17) is 4.74 Å². The molecule has 0 N–H and O–H groups in total. The lowest BCUT2D eigenvalue weighted by molar-refractivity contribution is 0.0474. The van der Waals surface area contributed by atoms with Crippen LogP contribution in [0.1, 0.15) is 62.1 Å². The zero-order valence-corrected chi connectivity index (χ0v) is 17.5. The number of benzene rings is 1. The number of hydrogen-bond acceptors (Lipinski definition) is 5. The molecule has 2 aliphatic rings. The highest BCUT2D eigenvalue weighted by Gasteiger charge is 2.31. The van der Waals surface area contributed by atoms with Gasteiger partial charge in [-0.25, -0.2) is 13.2 Å². The number of hydrogen-bond donors (Lipinski definition) is 0. The van der Waals surface area contributed by atoms with Gasteiger partial charge in [-0.2, -0.15) is 0 Å². The Labute approximate surface area is 170 Å². The Hall–Kier alpha value is -2.41. The van der Waals surface area contributed by atoms with Gasteiger partial charge in [0.15, 0.2) is 16.4 Å². The first kappa shape index (κ1) is 19.9. The van der Waals surface area contributed by atoms with Gasteiger partial charge < -0.3 is 9.30 Å². The molecule has 0 spiro atoms. The molecule has 1 atom stereocenters. The van der Waals surface area contributed by atoms with Crippen LogP contribution in [-0.2, 0) is 27.4 Å². The fourth-order valence-electron chi connectivity index (χ4n) is 4.59. The van der Waals surface area contributed by atoms with Crippen molar-refractivity contribution in [2.75, 3.05) is 18.1 Å². The highest BCUT2D eigenvalue weighted by atomic mass is 32.2. The summed E-state index contributed by atoms with van der Waals surface area (Å²) in [6, 6.07) is 7.19. The molecule has 1 aromatic carbocycles. The van der Waals surface area contributed by atoms with Gasteiger partial charge in [-0.15, -0.1) is 0 Å². The number of ketones is 1. The van der Waals surface area contributed by atoms with Gasteiger partial charge in [-0.3, -0.25) is 4.79 Å². The average molecular weight is 416 g/mol. The number of aromatic nitrogens is 1. The third-order valence-corrected chi connectivity index (χ3v) is 7.78. The zero-order valence-electron chi connectivity index (χ0n) is 16.7. The second-order valence-corrected chi connectivity index (χ2v) is 10.3. The van der Waals surface area contributed by atoms with E-state index >= 15 is 0 Å². The number of carbonyl (C=O) groups is 2. The predicted molar refractivity (Wildman–Crippen MR) is 109 cm³/mol. The molecule has 0 bridgehead atoms. The maximum Gasteiger partial charge on any atom is 0.338 e. The van der Waals surface area contributed by atoms with Crippen molar-refractivity contribution >= 4 is 21.6 Å². The van der Waals surface area contributed by atoms with Crippen LogP contribution in [0.4, 0.5) is 0 Å². The standard InChI is InChI=1S/C22H25NO5S/c1-14-10-20(15(2)23(14)19-8-9-29(26,27)13-19)21(24)12-28-22(25)18-7-6-16-4-3-5-17(16)11-18/h6-7,10-11,19H,3-5,8-9,12-13H2,1-2H3/t19-/m1/s1. The smallest absolute Gasteiger partial charge is 0.338 e. The molecule has 0 unspecified atom stereocenters. The van der Waals surface area contributed by atoms with Gasteiger partial charge >= 0.3 is 5.97 Å². The number of sulfone groups is 1. The van der Waals surface area contributed by atoms with Crippen LogP contribution in [0.5, 0.6) is 0 Å². The lowest BCUT2D eigenvalue weighted by atomic mass is 10.1. The topological polar surface area (TPSA) is 82.4 Å². The van der Waals surface area contributed by atoms with Crippen molar-refractivity contribution in [2.45, 2.75) is 45.6 Å².